The van der Waals surface area contributed by atoms with E-state index in [1.54, 1.807) is 6.07 Å². The Labute approximate surface area is 99.3 Å². The molecular formula is C11H13Cl2NO. The lowest BCUT2D eigenvalue weighted by atomic mass is 10.0. The predicted octanol–water partition coefficient (Wildman–Crippen LogP) is 3.67. The van der Waals surface area contributed by atoms with Crippen LogP contribution in [0.15, 0.2) is 24.3 Å². The van der Waals surface area contributed by atoms with Gasteiger partial charge >= 0.3 is 0 Å². The van der Waals surface area contributed by atoms with Gasteiger partial charge in [0, 0.05) is 16.6 Å². The first-order chi connectivity index (χ1) is 6.91. The minimum Gasteiger partial charge on any atom is -0.506 e. The van der Waals surface area contributed by atoms with E-state index in [2.05, 4.69) is 6.58 Å². The van der Waals surface area contributed by atoms with Crippen molar-refractivity contribution < 1.29 is 5.11 Å². The van der Waals surface area contributed by atoms with Gasteiger partial charge in [0.25, 0.3) is 0 Å². The summed E-state index contributed by atoms with van der Waals surface area (Å²) in [6.45, 7) is 5.65. The smallest absolute Gasteiger partial charge is 0.139 e. The maximum Gasteiger partial charge on any atom is 0.139 e. The zero-order chi connectivity index (χ0) is 11.6. The first-order valence-corrected chi connectivity index (χ1v) is 5.25. The van der Waals surface area contributed by atoms with Crippen molar-refractivity contribution >= 4 is 23.2 Å². The molecule has 0 aliphatic carbocycles. The quantitative estimate of drug-likeness (QED) is 0.799. The van der Waals surface area contributed by atoms with Crippen LogP contribution in [-0.2, 0) is 0 Å². The Balaban J connectivity index is 3.07. The summed E-state index contributed by atoms with van der Waals surface area (Å²) < 4.78 is 0. The van der Waals surface area contributed by atoms with E-state index < -0.39 is 0 Å². The van der Waals surface area contributed by atoms with Crippen LogP contribution in [0, 0.1) is 0 Å². The second-order valence-electron chi connectivity index (χ2n) is 3.59. The molecule has 0 aromatic heterocycles. The molecule has 0 heterocycles. The Morgan fingerprint density at radius 3 is 2.67 bits per heavy atom. The molecule has 0 bridgehead atoms. The Kier molecular flexibility index (Phi) is 4.03. The van der Waals surface area contributed by atoms with Crippen LogP contribution in [0.1, 0.15) is 24.9 Å². The lowest BCUT2D eigenvalue weighted by molar-refractivity contribution is 0.461. The third-order valence-electron chi connectivity index (χ3n) is 2.03. The second kappa shape index (κ2) is 4.88. The highest BCUT2D eigenvalue weighted by Crippen LogP contribution is 2.35. The molecule has 3 N–H and O–H groups in total. The summed E-state index contributed by atoms with van der Waals surface area (Å²) in [6, 6.07) is 2.77. The maximum absolute atomic E-state index is 9.71. The highest BCUT2D eigenvalue weighted by atomic mass is 35.5. The predicted molar refractivity (Wildman–Crippen MR) is 64.5 cm³/mol. The molecule has 0 saturated heterocycles. The maximum atomic E-state index is 9.71. The molecular weight excluding hydrogens is 233 g/mol. The first kappa shape index (κ1) is 12.4. The number of benzene rings is 1. The fourth-order valence-electron chi connectivity index (χ4n) is 1.35. The average molecular weight is 246 g/mol. The Hall–Kier alpha value is -0.700. The standard InChI is InChI=1S/C11H13Cl2NO/c1-6(2)3-10(14)8-4-7(12)5-9(13)11(8)15/h4-5,10,15H,1,3,14H2,2H3/t10-/m1/s1. The van der Waals surface area contributed by atoms with Crippen LogP contribution in [-0.4, -0.2) is 5.11 Å². The van der Waals surface area contributed by atoms with E-state index in [1.807, 2.05) is 6.92 Å². The van der Waals surface area contributed by atoms with Crippen molar-refractivity contribution in [1.29, 1.82) is 0 Å². The van der Waals surface area contributed by atoms with Crippen molar-refractivity contribution in [3.63, 3.8) is 0 Å². The van der Waals surface area contributed by atoms with Crippen LogP contribution in [0.25, 0.3) is 0 Å². The molecule has 1 atom stereocenters. The van der Waals surface area contributed by atoms with Crippen molar-refractivity contribution in [2.45, 2.75) is 19.4 Å². The number of phenols is 1. The van der Waals surface area contributed by atoms with Gasteiger partial charge in [-0.15, -0.1) is 6.58 Å². The van der Waals surface area contributed by atoms with E-state index in [9.17, 15) is 5.11 Å². The van der Waals surface area contributed by atoms with Crippen LogP contribution >= 0.6 is 23.2 Å². The molecule has 0 spiro atoms. The Morgan fingerprint density at radius 2 is 2.13 bits per heavy atom. The van der Waals surface area contributed by atoms with Crippen molar-refractivity contribution in [3.8, 4) is 5.75 Å². The molecule has 0 aliphatic heterocycles. The number of rotatable bonds is 3. The van der Waals surface area contributed by atoms with Gasteiger partial charge in [0.05, 0.1) is 5.02 Å². The van der Waals surface area contributed by atoms with Crippen LogP contribution in [0.2, 0.25) is 10.0 Å². The van der Waals surface area contributed by atoms with Crippen molar-refractivity contribution in [2.75, 3.05) is 0 Å². The zero-order valence-electron chi connectivity index (χ0n) is 8.43. The number of halogens is 2. The van der Waals surface area contributed by atoms with Gasteiger partial charge in [-0.1, -0.05) is 28.8 Å². The SMILES string of the molecule is C=C(C)C[C@@H](N)c1cc(Cl)cc(Cl)c1O. The normalized spacial score (nSPS) is 12.5. The number of aromatic hydroxyl groups is 1. The van der Waals surface area contributed by atoms with Gasteiger partial charge in [0.15, 0.2) is 0 Å². The van der Waals surface area contributed by atoms with Crippen molar-refractivity contribution in [1.82, 2.24) is 0 Å². The van der Waals surface area contributed by atoms with E-state index in [1.165, 1.54) is 6.07 Å². The van der Waals surface area contributed by atoms with E-state index in [0.717, 1.165) is 5.57 Å². The minimum atomic E-state index is -0.335. The molecule has 0 aliphatic rings. The van der Waals surface area contributed by atoms with E-state index in [0.29, 0.717) is 17.0 Å². The minimum absolute atomic E-state index is 0.00480. The van der Waals surface area contributed by atoms with E-state index >= 15 is 0 Å². The highest BCUT2D eigenvalue weighted by Gasteiger charge is 2.14. The second-order valence-corrected chi connectivity index (χ2v) is 4.44. The summed E-state index contributed by atoms with van der Waals surface area (Å²) in [5, 5.41) is 10.4. The molecule has 0 fully saturated rings. The van der Waals surface area contributed by atoms with Gasteiger partial charge in [0.2, 0.25) is 0 Å². The lowest BCUT2D eigenvalue weighted by Crippen LogP contribution is -2.10. The van der Waals surface area contributed by atoms with Crippen LogP contribution < -0.4 is 5.73 Å². The molecule has 4 heteroatoms. The molecule has 2 nitrogen and oxygen atoms in total. The van der Waals surface area contributed by atoms with E-state index in [4.69, 9.17) is 28.9 Å². The molecule has 1 rings (SSSR count). The van der Waals surface area contributed by atoms with Crippen molar-refractivity contribution in [3.05, 3.63) is 39.9 Å². The largest absolute Gasteiger partial charge is 0.506 e. The monoisotopic (exact) mass is 245 g/mol. The third kappa shape index (κ3) is 3.13. The van der Waals surface area contributed by atoms with Crippen molar-refractivity contribution in [2.24, 2.45) is 5.73 Å². The Bertz CT molecular complexity index is 390. The number of nitrogens with two attached hydrogens (primary N) is 1. The fraction of sp³-hybridized carbons (Fsp3) is 0.273. The molecule has 1 aromatic carbocycles. The van der Waals surface area contributed by atoms with Gasteiger partial charge in [-0.05, 0) is 25.5 Å². The Morgan fingerprint density at radius 1 is 1.53 bits per heavy atom. The average Bonchev–Trinajstić information content (AvgIpc) is 2.09. The summed E-state index contributed by atoms with van der Waals surface area (Å²) in [4.78, 5) is 0. The zero-order valence-corrected chi connectivity index (χ0v) is 9.94. The molecule has 0 radical (unpaired) electrons. The molecule has 0 amide bonds. The third-order valence-corrected chi connectivity index (χ3v) is 2.53. The van der Waals surface area contributed by atoms with Gasteiger partial charge in [-0.3, -0.25) is 0 Å². The molecule has 82 valence electrons. The molecule has 15 heavy (non-hydrogen) atoms. The highest BCUT2D eigenvalue weighted by molar-refractivity contribution is 6.35. The summed E-state index contributed by atoms with van der Waals surface area (Å²) in [7, 11) is 0. The number of phenolic OH excluding ortho intramolecular Hbond substituents is 1. The summed E-state index contributed by atoms with van der Waals surface area (Å²) >= 11 is 11.6. The number of hydrogen-bond donors (Lipinski definition) is 2. The molecule has 0 saturated carbocycles. The first-order valence-electron chi connectivity index (χ1n) is 4.49. The molecule has 0 unspecified atom stereocenters. The van der Waals surface area contributed by atoms with E-state index in [-0.39, 0.29) is 16.8 Å². The van der Waals surface area contributed by atoms with Crippen LogP contribution in [0.4, 0.5) is 0 Å². The van der Waals surface area contributed by atoms with Gasteiger partial charge in [-0.2, -0.15) is 0 Å². The molecule has 1 aromatic rings. The van der Waals surface area contributed by atoms with Gasteiger partial charge < -0.3 is 10.8 Å². The topological polar surface area (TPSA) is 46.2 Å². The summed E-state index contributed by atoms with van der Waals surface area (Å²) in [5.41, 5.74) is 7.39. The fourth-order valence-corrected chi connectivity index (χ4v) is 1.86. The van der Waals surface area contributed by atoms with Gasteiger partial charge in [0.1, 0.15) is 5.75 Å². The van der Waals surface area contributed by atoms with Crippen LogP contribution in [0.3, 0.4) is 0 Å². The number of hydrogen-bond acceptors (Lipinski definition) is 2. The summed E-state index contributed by atoms with van der Waals surface area (Å²) in [6.07, 6.45) is 0.588. The van der Waals surface area contributed by atoms with Crippen LogP contribution in [0.5, 0.6) is 5.75 Å². The lowest BCUT2D eigenvalue weighted by Gasteiger charge is -2.14. The summed E-state index contributed by atoms with van der Waals surface area (Å²) in [5.74, 6) is -0.00480. The van der Waals surface area contributed by atoms with Gasteiger partial charge in [-0.25, -0.2) is 0 Å².